The molecule has 2 saturated carbocycles. The van der Waals surface area contributed by atoms with Crippen molar-refractivity contribution in [1.82, 2.24) is 14.4 Å². The van der Waals surface area contributed by atoms with Crippen molar-refractivity contribution < 1.29 is 9.59 Å². The van der Waals surface area contributed by atoms with Gasteiger partial charge in [0.2, 0.25) is 11.8 Å². The molecule has 3 aliphatic carbocycles. The maximum atomic E-state index is 13.6. The van der Waals surface area contributed by atoms with Crippen molar-refractivity contribution in [3.63, 3.8) is 0 Å². The van der Waals surface area contributed by atoms with Crippen LogP contribution in [0.2, 0.25) is 0 Å². The lowest BCUT2D eigenvalue weighted by atomic mass is 9.79. The van der Waals surface area contributed by atoms with E-state index < -0.39 is 0 Å². The quantitative estimate of drug-likeness (QED) is 0.733. The Morgan fingerprint density at radius 3 is 2.53 bits per heavy atom. The van der Waals surface area contributed by atoms with Crippen LogP contribution in [0.4, 0.5) is 0 Å². The zero-order chi connectivity index (χ0) is 22.6. The highest BCUT2D eigenvalue weighted by atomic mass is 16.2. The molecule has 0 spiro atoms. The highest BCUT2D eigenvalue weighted by molar-refractivity contribution is 6.05. The summed E-state index contributed by atoms with van der Waals surface area (Å²) in [6.45, 7) is 10.7. The second-order valence-electron chi connectivity index (χ2n) is 10.8. The summed E-state index contributed by atoms with van der Waals surface area (Å²) in [6, 6.07) is 6.59. The summed E-state index contributed by atoms with van der Waals surface area (Å²) in [5.41, 5.74) is 4.74. The minimum Gasteiger partial charge on any atom is -0.343 e. The molecular formula is C27H33N3O2. The maximum Gasteiger partial charge on any atom is 0.237 e. The molecule has 1 amide bonds. The van der Waals surface area contributed by atoms with Crippen LogP contribution in [0.15, 0.2) is 30.5 Å². The van der Waals surface area contributed by atoms with Crippen molar-refractivity contribution in [1.29, 1.82) is 0 Å². The second-order valence-corrected chi connectivity index (χ2v) is 10.8. The molecule has 168 valence electrons. The van der Waals surface area contributed by atoms with Crippen LogP contribution in [0.25, 0.3) is 16.5 Å². The molecule has 2 heterocycles. The number of benzene rings is 1. The number of rotatable bonds is 4. The molecule has 5 atom stereocenters. The minimum atomic E-state index is -0.204. The molecule has 0 radical (unpaired) electrons. The highest BCUT2D eigenvalue weighted by Gasteiger charge is 2.87. The second kappa shape index (κ2) is 6.34. The van der Waals surface area contributed by atoms with E-state index in [1.807, 2.05) is 23.3 Å². The first-order chi connectivity index (χ1) is 15.3. The van der Waals surface area contributed by atoms with E-state index in [-0.39, 0.29) is 34.6 Å². The number of hydrogen-bond donors (Lipinski definition) is 0. The Balaban J connectivity index is 1.44. The van der Waals surface area contributed by atoms with Gasteiger partial charge < -0.3 is 4.90 Å². The first-order valence-corrected chi connectivity index (χ1v) is 12.1. The van der Waals surface area contributed by atoms with Crippen LogP contribution in [0, 0.1) is 22.7 Å². The van der Waals surface area contributed by atoms with Gasteiger partial charge in [-0.05, 0) is 74.8 Å². The Bertz CT molecular complexity index is 1200. The van der Waals surface area contributed by atoms with Gasteiger partial charge in [-0.1, -0.05) is 25.1 Å². The number of likely N-dealkylation sites (N-methyl/N-ethyl adjacent to an activating group) is 1. The van der Waals surface area contributed by atoms with Crippen LogP contribution in [-0.2, 0) is 11.2 Å². The van der Waals surface area contributed by atoms with E-state index in [1.165, 1.54) is 28.5 Å². The average molecular weight is 432 g/mol. The molecule has 0 saturated heterocycles. The van der Waals surface area contributed by atoms with Crippen LogP contribution < -0.4 is 0 Å². The Morgan fingerprint density at radius 1 is 1.19 bits per heavy atom. The molecule has 0 N–H and O–H groups in total. The van der Waals surface area contributed by atoms with Gasteiger partial charge in [0.25, 0.3) is 0 Å². The van der Waals surface area contributed by atoms with E-state index in [2.05, 4.69) is 56.3 Å². The van der Waals surface area contributed by atoms with Crippen LogP contribution in [0.1, 0.15) is 50.0 Å². The van der Waals surface area contributed by atoms with E-state index in [0.717, 1.165) is 31.6 Å². The van der Waals surface area contributed by atoms with Crippen molar-refractivity contribution in [2.45, 2.75) is 46.6 Å². The molecule has 6 rings (SSSR count). The van der Waals surface area contributed by atoms with Gasteiger partial charge in [-0.25, -0.2) is 0 Å². The third kappa shape index (κ3) is 2.33. The first-order valence-electron chi connectivity index (χ1n) is 12.1. The maximum absolute atomic E-state index is 13.6. The zero-order valence-corrected chi connectivity index (χ0v) is 19.8. The monoisotopic (exact) mass is 431 g/mol. The Hall–Kier alpha value is -2.40. The van der Waals surface area contributed by atoms with Crippen LogP contribution in [-0.4, -0.2) is 58.9 Å². The molecule has 1 aromatic heterocycles. The van der Waals surface area contributed by atoms with Gasteiger partial charge in [0.15, 0.2) is 0 Å². The number of aromatic nitrogens is 1. The molecule has 32 heavy (non-hydrogen) atoms. The molecule has 3 unspecified atom stereocenters. The van der Waals surface area contributed by atoms with Crippen molar-refractivity contribution in [2.75, 3.05) is 26.7 Å². The van der Waals surface area contributed by atoms with Gasteiger partial charge in [0.1, 0.15) is 0 Å². The van der Waals surface area contributed by atoms with E-state index in [0.29, 0.717) is 5.92 Å². The Kier molecular flexibility index (Phi) is 4.01. The van der Waals surface area contributed by atoms with Crippen LogP contribution in [0.3, 0.4) is 0 Å². The molecule has 0 bridgehead atoms. The fraction of sp³-hybridized carbons (Fsp3) is 0.556. The largest absolute Gasteiger partial charge is 0.343 e. The minimum absolute atomic E-state index is 0.121. The molecule has 5 nitrogen and oxygen atoms in total. The van der Waals surface area contributed by atoms with E-state index in [1.54, 1.807) is 0 Å². The van der Waals surface area contributed by atoms with Gasteiger partial charge in [-0.15, -0.1) is 0 Å². The van der Waals surface area contributed by atoms with Gasteiger partial charge in [-0.2, -0.15) is 0 Å². The van der Waals surface area contributed by atoms with Crippen molar-refractivity contribution in [2.24, 2.45) is 22.7 Å². The van der Waals surface area contributed by atoms with Crippen molar-refractivity contribution in [3.8, 4) is 0 Å². The summed E-state index contributed by atoms with van der Waals surface area (Å²) in [4.78, 5) is 31.0. The van der Waals surface area contributed by atoms with Gasteiger partial charge in [0, 0.05) is 37.3 Å². The predicted octanol–water partition coefficient (Wildman–Crippen LogP) is 4.07. The molecule has 2 aromatic rings. The number of hydrogen-bond acceptors (Lipinski definition) is 3. The fourth-order valence-electron chi connectivity index (χ4n) is 6.93. The number of nitrogens with zero attached hydrogens (tertiary/aromatic N) is 3. The standard InChI is InChI=1S/C27H33N3O2/c1-6-29(7-2)24(31)17-11-19-18-9-8-10-20-23(18)16(12-21(19)28(5)14-17)15-30(20)25(32)27(4)22-13-26(22,27)3/h8-11,15,17,21-22H,6-7,12-14H2,1-5H3/t17-,21-,22?,26?,27?/m1/s1. The average Bonchev–Trinajstić information content (AvgIpc) is 3.55. The van der Waals surface area contributed by atoms with Gasteiger partial charge in [0.05, 0.1) is 16.8 Å². The molecular weight excluding hydrogens is 398 g/mol. The third-order valence-corrected chi connectivity index (χ3v) is 9.48. The van der Waals surface area contributed by atoms with E-state index in [9.17, 15) is 9.59 Å². The fourth-order valence-corrected chi connectivity index (χ4v) is 6.93. The molecule has 5 heteroatoms. The van der Waals surface area contributed by atoms with Gasteiger partial charge in [-0.3, -0.25) is 19.1 Å². The normalized spacial score (nSPS) is 34.5. The summed E-state index contributed by atoms with van der Waals surface area (Å²) in [7, 11) is 2.13. The molecule has 1 aromatic carbocycles. The number of carbonyl (C=O) groups is 2. The lowest BCUT2D eigenvalue weighted by molar-refractivity contribution is -0.134. The summed E-state index contributed by atoms with van der Waals surface area (Å²) >= 11 is 0. The molecule has 2 fully saturated rings. The predicted molar refractivity (Wildman–Crippen MR) is 126 cm³/mol. The lowest BCUT2D eigenvalue weighted by Gasteiger charge is -2.40. The van der Waals surface area contributed by atoms with Crippen LogP contribution >= 0.6 is 0 Å². The third-order valence-electron chi connectivity index (χ3n) is 9.48. The van der Waals surface area contributed by atoms with Crippen LogP contribution in [0.5, 0.6) is 0 Å². The SMILES string of the molecule is CCN(CC)C(=O)[C@@H]1C=C2c3cccc4c3c(cn4C(=O)C3(C)C4CC43C)C[C@H]2N(C)C1. The Morgan fingerprint density at radius 2 is 1.91 bits per heavy atom. The molecule has 4 aliphatic rings. The first kappa shape index (κ1) is 20.2. The lowest BCUT2D eigenvalue weighted by Crippen LogP contribution is -2.47. The smallest absolute Gasteiger partial charge is 0.237 e. The Labute approximate surface area is 190 Å². The summed E-state index contributed by atoms with van der Waals surface area (Å²) in [6.07, 6.45) is 6.41. The topological polar surface area (TPSA) is 45.6 Å². The zero-order valence-electron chi connectivity index (χ0n) is 19.8. The summed E-state index contributed by atoms with van der Waals surface area (Å²) in [5, 5.41) is 1.20. The highest BCUT2D eigenvalue weighted by Crippen LogP contribution is 2.87. The number of fused-ring (bicyclic) bond motifs is 3. The summed E-state index contributed by atoms with van der Waals surface area (Å²) < 4.78 is 1.95. The summed E-state index contributed by atoms with van der Waals surface area (Å²) in [5.74, 6) is 0.906. The number of amides is 1. The van der Waals surface area contributed by atoms with E-state index >= 15 is 0 Å². The van der Waals surface area contributed by atoms with Crippen molar-refractivity contribution in [3.05, 3.63) is 41.6 Å². The van der Waals surface area contributed by atoms with Gasteiger partial charge >= 0.3 is 0 Å². The van der Waals surface area contributed by atoms with E-state index in [4.69, 9.17) is 0 Å². The molecule has 1 aliphatic heterocycles. The van der Waals surface area contributed by atoms with Crippen molar-refractivity contribution >= 4 is 28.3 Å². The number of carbonyl (C=O) groups excluding carboxylic acids is 2.